The van der Waals surface area contributed by atoms with Crippen molar-refractivity contribution in [1.29, 1.82) is 0 Å². The molecule has 3 aromatic carbocycles. The van der Waals surface area contributed by atoms with E-state index in [2.05, 4.69) is 21.3 Å². The van der Waals surface area contributed by atoms with Crippen molar-refractivity contribution in [3.63, 3.8) is 0 Å². The van der Waals surface area contributed by atoms with E-state index < -0.39 is 30.1 Å². The minimum atomic E-state index is -5.08. The summed E-state index contributed by atoms with van der Waals surface area (Å²) in [6, 6.07) is 23.9. The van der Waals surface area contributed by atoms with E-state index in [0.717, 1.165) is 22.3 Å². The summed E-state index contributed by atoms with van der Waals surface area (Å²) in [5.41, 5.74) is 4.80. The molecule has 0 fully saturated rings. The van der Waals surface area contributed by atoms with Gasteiger partial charge in [0.25, 0.3) is 0 Å². The number of benzene rings is 3. The number of hydrogen-bond acceptors (Lipinski definition) is 5. The summed E-state index contributed by atoms with van der Waals surface area (Å²) in [4.78, 5) is 56.8. The number of halogens is 3. The van der Waals surface area contributed by atoms with E-state index in [1.165, 1.54) is 0 Å². The topological polar surface area (TPSA) is 174 Å². The van der Waals surface area contributed by atoms with Crippen molar-refractivity contribution >= 4 is 29.8 Å². The van der Waals surface area contributed by atoms with Crippen LogP contribution in [0.2, 0.25) is 0 Å². The lowest BCUT2D eigenvalue weighted by Crippen LogP contribution is -2.39. The van der Waals surface area contributed by atoms with E-state index in [9.17, 15) is 37.5 Å². The molecule has 1 unspecified atom stereocenters. The first-order valence-electron chi connectivity index (χ1n) is 14.0. The molecule has 0 aliphatic heterocycles. The first-order valence-corrected chi connectivity index (χ1v) is 14.0. The smallest absolute Gasteiger partial charge is 0.481 e. The Hall–Kier alpha value is -5.40. The Morgan fingerprint density at radius 1 is 0.761 bits per heavy atom. The highest BCUT2D eigenvalue weighted by atomic mass is 19.4. The molecule has 1 atom stereocenters. The number of carbonyl (C=O) groups excluding carboxylic acids is 3. The number of hydrogen-bond donors (Lipinski definition) is 6. The number of carboxylic acid groups (broad SMARTS) is 2. The maximum atomic E-state index is 12.4. The first kappa shape index (κ1) is 36.8. The fourth-order valence-electron chi connectivity index (χ4n) is 3.88. The predicted octanol–water partition coefficient (Wildman–Crippen LogP) is 4.32. The summed E-state index contributed by atoms with van der Waals surface area (Å²) >= 11 is 0. The number of aliphatic carboxylic acids is 2. The van der Waals surface area contributed by atoms with E-state index in [4.69, 9.17) is 9.90 Å². The molecule has 6 N–H and O–H groups in total. The number of carboxylic acids is 2. The van der Waals surface area contributed by atoms with Crippen LogP contribution in [0.1, 0.15) is 42.0 Å². The number of urea groups is 1. The van der Waals surface area contributed by atoms with Gasteiger partial charge in [-0.25, -0.2) is 9.59 Å². The van der Waals surface area contributed by atoms with Crippen molar-refractivity contribution in [2.24, 2.45) is 0 Å². The third kappa shape index (κ3) is 14.4. The number of rotatable bonds is 13. The molecule has 11 nitrogen and oxygen atoms in total. The summed E-state index contributed by atoms with van der Waals surface area (Å²) in [5, 5.41) is 27.1. The summed E-state index contributed by atoms with van der Waals surface area (Å²) in [6.45, 7) is 2.43. The van der Waals surface area contributed by atoms with E-state index >= 15 is 0 Å². The summed E-state index contributed by atoms with van der Waals surface area (Å²) < 4.78 is 31.7. The molecule has 0 saturated carbocycles. The third-order valence-corrected chi connectivity index (χ3v) is 6.26. The first-order chi connectivity index (χ1) is 21.7. The molecule has 0 aromatic heterocycles. The van der Waals surface area contributed by atoms with Crippen LogP contribution in [0.4, 0.5) is 18.0 Å². The zero-order valence-corrected chi connectivity index (χ0v) is 24.9. The Kier molecular flexibility index (Phi) is 14.7. The van der Waals surface area contributed by atoms with Gasteiger partial charge >= 0.3 is 24.1 Å². The fourth-order valence-corrected chi connectivity index (χ4v) is 3.88. The van der Waals surface area contributed by atoms with Crippen LogP contribution in [0, 0.1) is 6.92 Å². The average Bonchev–Trinajstić information content (AvgIpc) is 3.01. The van der Waals surface area contributed by atoms with Crippen molar-refractivity contribution in [3.8, 4) is 11.1 Å². The van der Waals surface area contributed by atoms with Crippen LogP contribution in [0.5, 0.6) is 0 Å². The van der Waals surface area contributed by atoms with Gasteiger partial charge in [-0.05, 0) is 35.6 Å². The van der Waals surface area contributed by atoms with E-state index in [0.29, 0.717) is 25.1 Å². The molecule has 14 heteroatoms. The van der Waals surface area contributed by atoms with Gasteiger partial charge in [-0.1, -0.05) is 84.4 Å². The van der Waals surface area contributed by atoms with E-state index in [-0.39, 0.29) is 31.3 Å². The Labute approximate surface area is 263 Å². The molecule has 0 spiro atoms. The van der Waals surface area contributed by atoms with Crippen LogP contribution in [0.3, 0.4) is 0 Å². The lowest BCUT2D eigenvalue weighted by atomic mass is 9.99. The third-order valence-electron chi connectivity index (χ3n) is 6.26. The molecule has 3 aromatic rings. The number of alkyl halides is 3. The van der Waals surface area contributed by atoms with E-state index in [1.807, 2.05) is 73.7 Å². The SMILES string of the molecule is Cc1ccc(CNC(=O)NCCCC(=O)NCC(=O)NC(CC(=O)O)c2ccc(-c3ccccc3)cc2)cc1.O=C(O)C(F)(F)F. The summed E-state index contributed by atoms with van der Waals surface area (Å²) in [7, 11) is 0. The zero-order valence-electron chi connectivity index (χ0n) is 24.9. The molecule has 0 radical (unpaired) electrons. The van der Waals surface area contributed by atoms with Crippen molar-refractivity contribution in [3.05, 3.63) is 95.6 Å². The van der Waals surface area contributed by atoms with Gasteiger partial charge in [-0.2, -0.15) is 13.2 Å². The van der Waals surface area contributed by atoms with Gasteiger partial charge in [0.2, 0.25) is 11.8 Å². The second-order valence-electron chi connectivity index (χ2n) is 9.98. The van der Waals surface area contributed by atoms with Crippen molar-refractivity contribution in [2.75, 3.05) is 13.1 Å². The molecule has 0 bridgehead atoms. The quantitative estimate of drug-likeness (QED) is 0.150. The number of nitrogens with one attached hydrogen (secondary N) is 4. The normalized spacial score (nSPS) is 11.2. The maximum absolute atomic E-state index is 12.4. The number of carbonyl (C=O) groups is 5. The minimum Gasteiger partial charge on any atom is -0.481 e. The van der Waals surface area contributed by atoms with Gasteiger partial charge in [-0.3, -0.25) is 14.4 Å². The highest BCUT2D eigenvalue weighted by Crippen LogP contribution is 2.23. The van der Waals surface area contributed by atoms with Crippen molar-refractivity contribution < 1.29 is 47.4 Å². The van der Waals surface area contributed by atoms with Gasteiger partial charge in [0.05, 0.1) is 19.0 Å². The van der Waals surface area contributed by atoms with Crippen LogP contribution in [-0.4, -0.2) is 59.3 Å². The second kappa shape index (κ2) is 18.4. The zero-order chi connectivity index (χ0) is 34.1. The average molecular weight is 645 g/mol. The molecule has 0 aliphatic rings. The minimum absolute atomic E-state index is 0.130. The Balaban J connectivity index is 0.000000942. The lowest BCUT2D eigenvalue weighted by Gasteiger charge is -2.18. The van der Waals surface area contributed by atoms with Gasteiger partial charge in [0.15, 0.2) is 0 Å². The molecule has 0 aliphatic carbocycles. The van der Waals surface area contributed by atoms with Gasteiger partial charge in [-0.15, -0.1) is 0 Å². The van der Waals surface area contributed by atoms with Gasteiger partial charge in [0.1, 0.15) is 0 Å². The van der Waals surface area contributed by atoms with Gasteiger partial charge < -0.3 is 31.5 Å². The van der Waals surface area contributed by atoms with Crippen LogP contribution in [-0.2, 0) is 25.7 Å². The largest absolute Gasteiger partial charge is 0.490 e. The molecule has 246 valence electrons. The van der Waals surface area contributed by atoms with Crippen LogP contribution in [0.25, 0.3) is 11.1 Å². The van der Waals surface area contributed by atoms with E-state index in [1.54, 1.807) is 12.1 Å². The molecular formula is C32H35F3N4O7. The summed E-state index contributed by atoms with van der Waals surface area (Å²) in [5.74, 6) is -4.64. The number of aryl methyl sites for hydroxylation is 1. The molecule has 0 heterocycles. The summed E-state index contributed by atoms with van der Waals surface area (Å²) in [6.07, 6.45) is -4.84. The van der Waals surface area contributed by atoms with Crippen molar-refractivity contribution in [1.82, 2.24) is 21.3 Å². The predicted molar refractivity (Wildman–Crippen MR) is 162 cm³/mol. The molecule has 0 saturated heterocycles. The van der Waals surface area contributed by atoms with Crippen LogP contribution < -0.4 is 21.3 Å². The van der Waals surface area contributed by atoms with Crippen LogP contribution >= 0.6 is 0 Å². The molecule has 4 amide bonds. The Bertz CT molecular complexity index is 1450. The Morgan fingerprint density at radius 3 is 1.91 bits per heavy atom. The van der Waals surface area contributed by atoms with Crippen molar-refractivity contribution in [2.45, 2.75) is 44.9 Å². The highest BCUT2D eigenvalue weighted by Gasteiger charge is 2.38. The monoisotopic (exact) mass is 644 g/mol. The highest BCUT2D eigenvalue weighted by molar-refractivity contribution is 5.85. The van der Waals surface area contributed by atoms with Gasteiger partial charge in [0, 0.05) is 19.5 Å². The molecule has 3 rings (SSSR count). The maximum Gasteiger partial charge on any atom is 0.490 e. The molecule has 46 heavy (non-hydrogen) atoms. The Morgan fingerprint density at radius 2 is 1.35 bits per heavy atom. The standard InChI is InChI=1S/C30H34N4O5.C2HF3O2/c1-21-9-11-22(12-10-21)19-33-30(39)31-17-5-8-27(35)32-20-28(36)34-26(18-29(37)38)25-15-13-24(14-16-25)23-6-3-2-4-7-23;3-2(4,5)1(6)7/h2-4,6-7,9-16,26H,5,8,17-20H2,1H3,(H,32,35)(H,34,36)(H,37,38)(H2,31,33,39);(H,6,7). The van der Waals surface area contributed by atoms with Crippen LogP contribution in [0.15, 0.2) is 78.9 Å². The lowest BCUT2D eigenvalue weighted by molar-refractivity contribution is -0.192. The molecular weight excluding hydrogens is 609 g/mol. The second-order valence-corrected chi connectivity index (χ2v) is 9.98. The fraction of sp³-hybridized carbons (Fsp3) is 0.281. The number of amides is 4.